The molecule has 28 heavy (non-hydrogen) atoms. The molecule has 5 heteroatoms. The molecule has 0 spiro atoms. The standard InChI is InChI=1S/C23H24N2O3/c1-16(24-2)14-23(22(28)18-11-7-4-8-12-18)20(13-19(26)15-25-23)21(27)17-9-5-3-6-10-17/h3-13,15-16,24-26H,14H2,1-2H3. The molecule has 0 saturated carbocycles. The van der Waals surface area contributed by atoms with Gasteiger partial charge in [0.05, 0.1) is 0 Å². The molecule has 1 heterocycles. The molecule has 0 amide bonds. The summed E-state index contributed by atoms with van der Waals surface area (Å²) in [6.45, 7) is 1.95. The van der Waals surface area contributed by atoms with Crippen LogP contribution in [0.2, 0.25) is 0 Å². The molecule has 3 rings (SSSR count). The van der Waals surface area contributed by atoms with Crippen LogP contribution in [0.1, 0.15) is 34.1 Å². The van der Waals surface area contributed by atoms with E-state index in [1.165, 1.54) is 12.3 Å². The first-order chi connectivity index (χ1) is 13.5. The second-order valence-electron chi connectivity index (χ2n) is 6.96. The lowest BCUT2D eigenvalue weighted by Gasteiger charge is -2.38. The molecule has 2 atom stereocenters. The predicted octanol–water partition coefficient (Wildman–Crippen LogP) is 3.42. The van der Waals surface area contributed by atoms with Gasteiger partial charge in [-0.25, -0.2) is 0 Å². The Hall–Kier alpha value is -3.18. The Balaban J connectivity index is 2.14. The second-order valence-corrected chi connectivity index (χ2v) is 6.96. The molecule has 0 bridgehead atoms. The summed E-state index contributed by atoms with van der Waals surface area (Å²) in [7, 11) is 1.81. The zero-order valence-electron chi connectivity index (χ0n) is 16.0. The van der Waals surface area contributed by atoms with E-state index in [9.17, 15) is 14.7 Å². The smallest absolute Gasteiger partial charge is 0.192 e. The molecule has 0 fully saturated rings. The fraction of sp³-hybridized carbons (Fsp3) is 0.217. The number of allylic oxidation sites excluding steroid dienone is 1. The molecular formula is C23H24N2O3. The number of Topliss-reactive ketones (excluding diaryl/α,β-unsaturated/α-hetero) is 2. The molecule has 2 aromatic rings. The molecule has 144 valence electrons. The number of aliphatic hydroxyl groups is 1. The van der Waals surface area contributed by atoms with E-state index in [2.05, 4.69) is 10.6 Å². The van der Waals surface area contributed by atoms with Crippen molar-refractivity contribution in [2.45, 2.75) is 24.9 Å². The maximum absolute atomic E-state index is 13.6. The van der Waals surface area contributed by atoms with Gasteiger partial charge in [0.15, 0.2) is 11.6 Å². The van der Waals surface area contributed by atoms with E-state index >= 15 is 0 Å². The normalized spacial score (nSPS) is 19.8. The average molecular weight is 376 g/mol. The molecule has 0 aromatic heterocycles. The molecule has 1 aliphatic rings. The number of hydrogen-bond acceptors (Lipinski definition) is 5. The topological polar surface area (TPSA) is 78.4 Å². The third-order valence-electron chi connectivity index (χ3n) is 5.03. The average Bonchev–Trinajstić information content (AvgIpc) is 2.75. The largest absolute Gasteiger partial charge is 0.506 e. The van der Waals surface area contributed by atoms with Gasteiger partial charge in [-0.3, -0.25) is 9.59 Å². The Morgan fingerprint density at radius 1 is 1.04 bits per heavy atom. The number of carbonyl (C=O) groups is 2. The zero-order valence-corrected chi connectivity index (χ0v) is 16.0. The van der Waals surface area contributed by atoms with Crippen molar-refractivity contribution in [1.82, 2.24) is 10.6 Å². The maximum atomic E-state index is 13.6. The van der Waals surface area contributed by atoms with Gasteiger partial charge in [-0.2, -0.15) is 0 Å². The van der Waals surface area contributed by atoms with E-state index < -0.39 is 5.54 Å². The van der Waals surface area contributed by atoms with Crippen molar-refractivity contribution < 1.29 is 14.7 Å². The fourth-order valence-electron chi connectivity index (χ4n) is 3.44. The van der Waals surface area contributed by atoms with E-state index in [-0.39, 0.29) is 28.9 Å². The van der Waals surface area contributed by atoms with Gasteiger partial charge in [-0.15, -0.1) is 0 Å². The van der Waals surface area contributed by atoms with E-state index in [0.717, 1.165) is 0 Å². The Labute approximate surface area is 164 Å². The Kier molecular flexibility index (Phi) is 5.76. The van der Waals surface area contributed by atoms with Crippen LogP contribution in [0.25, 0.3) is 0 Å². The summed E-state index contributed by atoms with van der Waals surface area (Å²) in [4.78, 5) is 27.0. The summed E-state index contributed by atoms with van der Waals surface area (Å²) < 4.78 is 0. The molecular weight excluding hydrogens is 352 g/mol. The highest BCUT2D eigenvalue weighted by molar-refractivity contribution is 6.18. The SMILES string of the molecule is CNC(C)CC1(C(=O)c2ccccc2)NC=C(O)C=C1C(=O)c1ccccc1. The molecule has 2 aromatic carbocycles. The predicted molar refractivity (Wildman–Crippen MR) is 109 cm³/mol. The zero-order chi connectivity index (χ0) is 20.1. The quantitative estimate of drug-likeness (QED) is 0.646. The number of aliphatic hydroxyl groups excluding tert-OH is 1. The van der Waals surface area contributed by atoms with Crippen LogP contribution in [0.5, 0.6) is 0 Å². The second kappa shape index (κ2) is 8.23. The number of dihydropyridines is 1. The van der Waals surface area contributed by atoms with Gasteiger partial charge in [0.25, 0.3) is 0 Å². The van der Waals surface area contributed by atoms with E-state index in [4.69, 9.17) is 0 Å². The number of ketones is 2. The summed E-state index contributed by atoms with van der Waals surface area (Å²) in [6.07, 6.45) is 3.12. The monoisotopic (exact) mass is 376 g/mol. The van der Waals surface area contributed by atoms with Crippen LogP contribution in [0.3, 0.4) is 0 Å². The third-order valence-corrected chi connectivity index (χ3v) is 5.03. The Morgan fingerprint density at radius 3 is 2.18 bits per heavy atom. The lowest BCUT2D eigenvalue weighted by Crippen LogP contribution is -2.57. The maximum Gasteiger partial charge on any atom is 0.192 e. The van der Waals surface area contributed by atoms with Crippen LogP contribution < -0.4 is 10.6 Å². The molecule has 0 aliphatic carbocycles. The van der Waals surface area contributed by atoms with Crippen molar-refractivity contribution >= 4 is 11.6 Å². The van der Waals surface area contributed by atoms with Crippen molar-refractivity contribution in [1.29, 1.82) is 0 Å². The minimum Gasteiger partial charge on any atom is -0.506 e. The minimum atomic E-state index is -1.29. The summed E-state index contributed by atoms with van der Waals surface area (Å²) >= 11 is 0. The fourth-order valence-corrected chi connectivity index (χ4v) is 3.44. The lowest BCUT2D eigenvalue weighted by molar-refractivity contribution is 0.0840. The van der Waals surface area contributed by atoms with E-state index in [1.54, 1.807) is 48.5 Å². The lowest BCUT2D eigenvalue weighted by atomic mass is 9.73. The number of benzene rings is 2. The molecule has 3 N–H and O–H groups in total. The van der Waals surface area contributed by atoms with Gasteiger partial charge >= 0.3 is 0 Å². The van der Waals surface area contributed by atoms with Crippen molar-refractivity contribution in [3.8, 4) is 0 Å². The van der Waals surface area contributed by atoms with Crippen molar-refractivity contribution in [2.24, 2.45) is 0 Å². The van der Waals surface area contributed by atoms with Crippen LogP contribution in [-0.4, -0.2) is 35.3 Å². The first kappa shape index (κ1) is 19.6. The van der Waals surface area contributed by atoms with Gasteiger partial charge in [0, 0.05) is 28.9 Å². The van der Waals surface area contributed by atoms with Crippen LogP contribution in [-0.2, 0) is 0 Å². The van der Waals surface area contributed by atoms with E-state index in [1.807, 2.05) is 26.1 Å². The van der Waals surface area contributed by atoms with Crippen LogP contribution in [0, 0.1) is 0 Å². The molecule has 0 radical (unpaired) electrons. The van der Waals surface area contributed by atoms with Gasteiger partial charge in [0.1, 0.15) is 11.3 Å². The van der Waals surface area contributed by atoms with Crippen LogP contribution in [0.15, 0.2) is 84.3 Å². The minimum absolute atomic E-state index is 0.0548. The first-order valence-corrected chi connectivity index (χ1v) is 9.24. The van der Waals surface area contributed by atoms with Gasteiger partial charge in [0.2, 0.25) is 0 Å². The summed E-state index contributed by atoms with van der Waals surface area (Å²) in [5.41, 5.74) is -0.0924. The number of nitrogens with one attached hydrogen (secondary N) is 2. The molecule has 5 nitrogen and oxygen atoms in total. The summed E-state index contributed by atoms with van der Waals surface area (Å²) in [6, 6.07) is 17.6. The molecule has 2 unspecified atom stereocenters. The summed E-state index contributed by atoms with van der Waals surface area (Å²) in [5, 5.41) is 16.3. The number of rotatable bonds is 7. The highest BCUT2D eigenvalue weighted by atomic mass is 16.3. The highest BCUT2D eigenvalue weighted by Crippen LogP contribution is 2.33. The Bertz CT molecular complexity index is 919. The number of hydrogen-bond donors (Lipinski definition) is 3. The van der Waals surface area contributed by atoms with Crippen molar-refractivity contribution in [3.05, 3.63) is 95.4 Å². The van der Waals surface area contributed by atoms with Gasteiger partial charge < -0.3 is 15.7 Å². The van der Waals surface area contributed by atoms with Crippen molar-refractivity contribution in [2.75, 3.05) is 7.05 Å². The highest BCUT2D eigenvalue weighted by Gasteiger charge is 2.47. The van der Waals surface area contributed by atoms with E-state index in [0.29, 0.717) is 17.5 Å². The van der Waals surface area contributed by atoms with Gasteiger partial charge in [-0.1, -0.05) is 60.7 Å². The Morgan fingerprint density at radius 2 is 1.61 bits per heavy atom. The first-order valence-electron chi connectivity index (χ1n) is 9.24. The third kappa shape index (κ3) is 3.75. The molecule has 1 aliphatic heterocycles. The van der Waals surface area contributed by atoms with Crippen LogP contribution >= 0.6 is 0 Å². The van der Waals surface area contributed by atoms with Crippen LogP contribution in [0.4, 0.5) is 0 Å². The van der Waals surface area contributed by atoms with Gasteiger partial charge in [-0.05, 0) is 26.5 Å². The van der Waals surface area contributed by atoms with Crippen molar-refractivity contribution in [3.63, 3.8) is 0 Å². The molecule has 0 saturated heterocycles. The summed E-state index contributed by atoms with van der Waals surface area (Å²) in [5.74, 6) is -0.595. The number of carbonyl (C=O) groups excluding carboxylic acids is 2.